The van der Waals surface area contributed by atoms with Crippen LogP contribution in [0.2, 0.25) is 5.02 Å². The van der Waals surface area contributed by atoms with Crippen molar-refractivity contribution < 1.29 is 19.1 Å². The molecule has 2 amide bonds. The molecule has 2 rings (SSSR count). The van der Waals surface area contributed by atoms with Gasteiger partial charge >= 0.3 is 12.0 Å². The van der Waals surface area contributed by atoms with Crippen LogP contribution in [-0.2, 0) is 9.53 Å². The largest absolute Gasteiger partial charge is 0.457 e. The number of rotatable bonds is 8. The molecule has 0 radical (unpaired) electrons. The quantitative estimate of drug-likeness (QED) is 0.500. The number of nitrogens with two attached hydrogens (primary N) is 1. The number of aryl methyl sites for hydroxylation is 1. The summed E-state index contributed by atoms with van der Waals surface area (Å²) in [5.41, 5.74) is 8.21. The molecule has 0 bridgehead atoms. The van der Waals surface area contributed by atoms with Gasteiger partial charge < -0.3 is 20.4 Å². The van der Waals surface area contributed by atoms with E-state index in [1.165, 1.54) is 0 Å². The second kappa shape index (κ2) is 9.60. The monoisotopic (exact) mass is 419 g/mol. The maximum atomic E-state index is 12.5. The summed E-state index contributed by atoms with van der Waals surface area (Å²) in [5.74, 6) is -0.894. The van der Waals surface area contributed by atoms with E-state index in [0.717, 1.165) is 11.4 Å². The van der Waals surface area contributed by atoms with Gasteiger partial charge in [-0.05, 0) is 51.5 Å². The van der Waals surface area contributed by atoms with E-state index in [9.17, 15) is 14.4 Å². The average molecular weight is 420 g/mol. The fourth-order valence-electron chi connectivity index (χ4n) is 3.42. The highest BCUT2D eigenvalue weighted by Crippen LogP contribution is 2.22. The Labute approximate surface area is 175 Å². The summed E-state index contributed by atoms with van der Waals surface area (Å²) >= 11 is 5.87. The molecule has 1 heterocycles. The molecule has 0 fully saturated rings. The first kappa shape index (κ1) is 22.5. The van der Waals surface area contributed by atoms with Gasteiger partial charge in [-0.3, -0.25) is 9.59 Å². The van der Waals surface area contributed by atoms with Crippen molar-refractivity contribution in [3.8, 4) is 0 Å². The molecule has 0 saturated heterocycles. The van der Waals surface area contributed by atoms with Crippen LogP contribution in [0, 0.1) is 13.8 Å². The van der Waals surface area contributed by atoms with Crippen LogP contribution in [0.25, 0.3) is 0 Å². The number of primary amides is 1. The second-order valence-electron chi connectivity index (χ2n) is 7.15. The Kier molecular flexibility index (Phi) is 7.45. The number of nitrogens with zero attached hydrogens (tertiary/aromatic N) is 1. The Hall–Kier alpha value is -2.80. The SMILES string of the molecule is Cc1cc(C(=O)COC(=O)C[C@H](NC(N)=O)c2ccc(Cl)cc2)c(C)n1C(C)C. The molecule has 1 aromatic carbocycles. The number of esters is 1. The third kappa shape index (κ3) is 5.84. The van der Waals surface area contributed by atoms with Crippen LogP contribution in [0.4, 0.5) is 4.79 Å². The summed E-state index contributed by atoms with van der Waals surface area (Å²) in [7, 11) is 0. The number of nitrogens with one attached hydrogen (secondary N) is 1. The zero-order valence-electron chi connectivity index (χ0n) is 17.0. The highest BCUT2D eigenvalue weighted by atomic mass is 35.5. The molecule has 0 saturated carbocycles. The van der Waals surface area contributed by atoms with Gasteiger partial charge in [-0.2, -0.15) is 0 Å². The molecule has 1 aromatic heterocycles. The fourth-order valence-corrected chi connectivity index (χ4v) is 3.55. The van der Waals surface area contributed by atoms with E-state index in [2.05, 4.69) is 9.88 Å². The van der Waals surface area contributed by atoms with Gasteiger partial charge in [0.15, 0.2) is 6.61 Å². The molecular weight excluding hydrogens is 394 g/mol. The third-order valence-corrected chi connectivity index (χ3v) is 4.88. The van der Waals surface area contributed by atoms with E-state index in [1.54, 1.807) is 30.3 Å². The van der Waals surface area contributed by atoms with Crippen molar-refractivity contribution in [2.24, 2.45) is 5.73 Å². The molecule has 2 aromatic rings. The number of amides is 2. The molecule has 0 spiro atoms. The molecule has 7 nitrogen and oxygen atoms in total. The summed E-state index contributed by atoms with van der Waals surface area (Å²) in [6, 6.07) is 7.23. The Morgan fingerprint density at radius 3 is 2.31 bits per heavy atom. The highest BCUT2D eigenvalue weighted by molar-refractivity contribution is 6.30. The third-order valence-electron chi connectivity index (χ3n) is 4.63. The Morgan fingerprint density at radius 1 is 1.17 bits per heavy atom. The van der Waals surface area contributed by atoms with E-state index >= 15 is 0 Å². The minimum Gasteiger partial charge on any atom is -0.457 e. The van der Waals surface area contributed by atoms with Crippen LogP contribution in [-0.4, -0.2) is 29.0 Å². The first-order valence-corrected chi connectivity index (χ1v) is 9.66. The van der Waals surface area contributed by atoms with Gasteiger partial charge in [0.1, 0.15) is 0 Å². The molecule has 0 aliphatic rings. The van der Waals surface area contributed by atoms with E-state index in [0.29, 0.717) is 16.1 Å². The first-order valence-electron chi connectivity index (χ1n) is 9.28. The molecule has 0 aliphatic heterocycles. The lowest BCUT2D eigenvalue weighted by Crippen LogP contribution is -2.34. The minimum atomic E-state index is -0.769. The molecule has 156 valence electrons. The van der Waals surface area contributed by atoms with Gasteiger partial charge in [0, 0.05) is 28.0 Å². The average Bonchev–Trinajstić information content (AvgIpc) is 2.94. The summed E-state index contributed by atoms with van der Waals surface area (Å²) in [5, 5.41) is 3.03. The van der Waals surface area contributed by atoms with Crippen LogP contribution < -0.4 is 11.1 Å². The predicted octanol–water partition coefficient (Wildman–Crippen LogP) is 3.86. The van der Waals surface area contributed by atoms with Gasteiger partial charge in [-0.1, -0.05) is 23.7 Å². The zero-order valence-corrected chi connectivity index (χ0v) is 17.7. The zero-order chi connectivity index (χ0) is 21.7. The molecule has 3 N–H and O–H groups in total. The summed E-state index contributed by atoms with van der Waals surface area (Å²) < 4.78 is 7.22. The smallest absolute Gasteiger partial charge is 0.312 e. The summed E-state index contributed by atoms with van der Waals surface area (Å²) in [4.78, 5) is 36.1. The topological polar surface area (TPSA) is 103 Å². The van der Waals surface area contributed by atoms with Crippen LogP contribution >= 0.6 is 11.6 Å². The van der Waals surface area contributed by atoms with E-state index < -0.39 is 18.0 Å². The van der Waals surface area contributed by atoms with Crippen LogP contribution in [0.15, 0.2) is 30.3 Å². The number of carbonyl (C=O) groups excluding carboxylic acids is 3. The van der Waals surface area contributed by atoms with Crippen molar-refractivity contribution in [3.63, 3.8) is 0 Å². The van der Waals surface area contributed by atoms with E-state index in [1.807, 2.05) is 27.7 Å². The maximum absolute atomic E-state index is 12.5. The number of benzene rings is 1. The van der Waals surface area contributed by atoms with Gasteiger partial charge in [0.25, 0.3) is 0 Å². The van der Waals surface area contributed by atoms with Crippen molar-refractivity contribution >= 4 is 29.4 Å². The number of ether oxygens (including phenoxy) is 1. The normalized spacial score (nSPS) is 11.9. The van der Waals surface area contributed by atoms with Crippen molar-refractivity contribution in [1.82, 2.24) is 9.88 Å². The van der Waals surface area contributed by atoms with Crippen LogP contribution in [0.5, 0.6) is 0 Å². The first-order chi connectivity index (χ1) is 13.6. The molecular formula is C21H26ClN3O4. The van der Waals surface area contributed by atoms with Crippen molar-refractivity contribution in [3.05, 3.63) is 57.9 Å². The van der Waals surface area contributed by atoms with Gasteiger partial charge in [-0.15, -0.1) is 0 Å². The maximum Gasteiger partial charge on any atom is 0.312 e. The van der Waals surface area contributed by atoms with Gasteiger partial charge in [0.05, 0.1) is 12.5 Å². The number of hydrogen-bond donors (Lipinski definition) is 2. The number of aromatic nitrogens is 1. The Balaban J connectivity index is 2.03. The summed E-state index contributed by atoms with van der Waals surface area (Å²) in [6.07, 6.45) is -0.164. The van der Waals surface area contributed by atoms with Crippen molar-refractivity contribution in [2.75, 3.05) is 6.61 Å². The fraction of sp³-hybridized carbons (Fsp3) is 0.381. The lowest BCUT2D eigenvalue weighted by Gasteiger charge is -2.17. The molecule has 1 atom stereocenters. The second-order valence-corrected chi connectivity index (χ2v) is 7.59. The number of hydrogen-bond acceptors (Lipinski definition) is 4. The summed E-state index contributed by atoms with van der Waals surface area (Å²) in [6.45, 7) is 7.51. The van der Waals surface area contributed by atoms with E-state index in [-0.39, 0.29) is 24.9 Å². The molecule has 0 unspecified atom stereocenters. The Morgan fingerprint density at radius 2 is 1.79 bits per heavy atom. The standard InChI is InChI=1S/C21H26ClN3O4/c1-12(2)25-13(3)9-17(14(25)4)19(26)11-29-20(27)10-18(24-21(23)28)15-5-7-16(22)8-6-15/h5-9,12,18H,10-11H2,1-4H3,(H3,23,24,28)/t18-/m0/s1. The predicted molar refractivity (Wildman–Crippen MR) is 111 cm³/mol. The molecule has 29 heavy (non-hydrogen) atoms. The number of halogens is 1. The minimum absolute atomic E-state index is 0.164. The van der Waals surface area contributed by atoms with Crippen molar-refractivity contribution in [1.29, 1.82) is 0 Å². The van der Waals surface area contributed by atoms with Gasteiger partial charge in [0.2, 0.25) is 5.78 Å². The number of ketones is 1. The lowest BCUT2D eigenvalue weighted by atomic mass is 10.0. The van der Waals surface area contributed by atoms with Crippen LogP contribution in [0.3, 0.4) is 0 Å². The number of urea groups is 1. The molecule has 0 aliphatic carbocycles. The number of carbonyl (C=O) groups is 3. The molecule has 8 heteroatoms. The number of Topliss-reactive ketones (excluding diaryl/α,β-unsaturated/α-hetero) is 1. The van der Waals surface area contributed by atoms with E-state index in [4.69, 9.17) is 22.1 Å². The lowest BCUT2D eigenvalue weighted by molar-refractivity contribution is -0.143. The van der Waals surface area contributed by atoms with Crippen LogP contribution in [0.1, 0.15) is 59.7 Å². The van der Waals surface area contributed by atoms with Gasteiger partial charge in [-0.25, -0.2) is 4.79 Å². The van der Waals surface area contributed by atoms with Crippen molar-refractivity contribution in [2.45, 2.75) is 46.2 Å². The Bertz CT molecular complexity index is 903. The highest BCUT2D eigenvalue weighted by Gasteiger charge is 2.21.